The lowest BCUT2D eigenvalue weighted by atomic mass is 10.3. The van der Waals surface area contributed by atoms with E-state index < -0.39 is 0 Å². The summed E-state index contributed by atoms with van der Waals surface area (Å²) in [4.78, 5) is 0. The summed E-state index contributed by atoms with van der Waals surface area (Å²) < 4.78 is 11.9. The second-order valence-corrected chi connectivity index (χ2v) is 2.09. The number of halogens is 1. The summed E-state index contributed by atoms with van der Waals surface area (Å²) in [5, 5.41) is 2.76. The van der Waals surface area contributed by atoms with Gasteiger partial charge in [0.15, 0.2) is 0 Å². The van der Waals surface area contributed by atoms with E-state index in [9.17, 15) is 4.39 Å². The van der Waals surface area contributed by atoms with Crippen LogP contribution in [0.2, 0.25) is 0 Å². The van der Waals surface area contributed by atoms with Crippen molar-refractivity contribution in [3.63, 3.8) is 0 Å². The minimum absolute atomic E-state index is 0.222. The van der Waals surface area contributed by atoms with E-state index in [1.807, 2.05) is 6.08 Å². The standard InChI is InChI=1S/C8H14FN/c1-3-4-5-6-10-7-8(2)9/h5-6,10H,2-4,7H2,1H3/b6-5-. The van der Waals surface area contributed by atoms with Crippen LogP contribution >= 0.6 is 0 Å². The molecule has 2 heteroatoms. The largest absolute Gasteiger partial charge is 0.385 e. The van der Waals surface area contributed by atoms with E-state index in [4.69, 9.17) is 0 Å². The van der Waals surface area contributed by atoms with Crippen LogP contribution in [0, 0.1) is 0 Å². The predicted molar refractivity (Wildman–Crippen MR) is 42.3 cm³/mol. The Morgan fingerprint density at radius 3 is 2.90 bits per heavy atom. The van der Waals surface area contributed by atoms with Gasteiger partial charge in [-0.1, -0.05) is 26.0 Å². The second kappa shape index (κ2) is 6.33. The summed E-state index contributed by atoms with van der Waals surface area (Å²) in [5.74, 6) is -0.332. The van der Waals surface area contributed by atoms with Gasteiger partial charge in [0.05, 0.1) is 6.54 Å². The van der Waals surface area contributed by atoms with Crippen LogP contribution in [-0.2, 0) is 0 Å². The molecular weight excluding hydrogens is 129 g/mol. The van der Waals surface area contributed by atoms with Crippen LogP contribution in [0.4, 0.5) is 4.39 Å². The molecule has 1 N–H and O–H groups in total. The molecule has 58 valence electrons. The highest BCUT2D eigenvalue weighted by Gasteiger charge is 1.82. The third-order valence-corrected chi connectivity index (χ3v) is 0.985. The van der Waals surface area contributed by atoms with Crippen molar-refractivity contribution in [1.29, 1.82) is 0 Å². The first-order valence-electron chi connectivity index (χ1n) is 3.49. The molecule has 0 amide bonds. The average molecular weight is 143 g/mol. The minimum Gasteiger partial charge on any atom is -0.385 e. The summed E-state index contributed by atoms with van der Waals surface area (Å²) in [6.07, 6.45) is 5.89. The predicted octanol–water partition coefficient (Wildman–Crippen LogP) is 2.37. The molecule has 0 aliphatic heterocycles. The van der Waals surface area contributed by atoms with Crippen LogP contribution in [0.25, 0.3) is 0 Å². The van der Waals surface area contributed by atoms with Crippen LogP contribution < -0.4 is 5.32 Å². The molecule has 0 bridgehead atoms. The fraction of sp³-hybridized carbons (Fsp3) is 0.500. The summed E-state index contributed by atoms with van der Waals surface area (Å²) >= 11 is 0. The zero-order valence-corrected chi connectivity index (χ0v) is 6.36. The Morgan fingerprint density at radius 1 is 1.70 bits per heavy atom. The van der Waals surface area contributed by atoms with Gasteiger partial charge in [-0.05, 0) is 12.6 Å². The summed E-state index contributed by atoms with van der Waals surface area (Å²) in [6, 6.07) is 0. The molecule has 0 fully saturated rings. The van der Waals surface area contributed by atoms with Gasteiger partial charge >= 0.3 is 0 Å². The maximum absolute atomic E-state index is 11.9. The highest BCUT2D eigenvalue weighted by atomic mass is 19.1. The SMILES string of the molecule is C=C(F)CN/C=C\CCC. The Labute approximate surface area is 61.6 Å². The lowest BCUT2D eigenvalue weighted by Crippen LogP contribution is -2.06. The van der Waals surface area contributed by atoms with Gasteiger partial charge in [0, 0.05) is 0 Å². The highest BCUT2D eigenvalue weighted by Crippen LogP contribution is 1.88. The summed E-state index contributed by atoms with van der Waals surface area (Å²) in [5.41, 5.74) is 0. The molecule has 0 atom stereocenters. The normalized spacial score (nSPS) is 10.2. The molecule has 0 unspecified atom stereocenters. The molecule has 0 heterocycles. The topological polar surface area (TPSA) is 12.0 Å². The van der Waals surface area contributed by atoms with Gasteiger partial charge in [-0.25, -0.2) is 4.39 Å². The van der Waals surface area contributed by atoms with Gasteiger partial charge in [0.25, 0.3) is 0 Å². The Bertz CT molecular complexity index is 118. The van der Waals surface area contributed by atoms with E-state index in [1.54, 1.807) is 6.20 Å². The molecule has 1 nitrogen and oxygen atoms in total. The Morgan fingerprint density at radius 2 is 2.40 bits per heavy atom. The molecule has 0 saturated heterocycles. The first-order chi connectivity index (χ1) is 4.77. The highest BCUT2D eigenvalue weighted by molar-refractivity contribution is 4.88. The van der Waals surface area contributed by atoms with Gasteiger partial charge < -0.3 is 5.32 Å². The van der Waals surface area contributed by atoms with E-state index >= 15 is 0 Å². The van der Waals surface area contributed by atoms with E-state index in [-0.39, 0.29) is 12.4 Å². The van der Waals surface area contributed by atoms with E-state index in [0.717, 1.165) is 12.8 Å². The van der Waals surface area contributed by atoms with Crippen molar-refractivity contribution in [2.24, 2.45) is 0 Å². The van der Waals surface area contributed by atoms with Crippen molar-refractivity contribution in [3.8, 4) is 0 Å². The van der Waals surface area contributed by atoms with Crippen molar-refractivity contribution in [2.75, 3.05) is 6.54 Å². The van der Waals surface area contributed by atoms with Gasteiger partial charge in [-0.3, -0.25) is 0 Å². The molecule has 0 rings (SSSR count). The van der Waals surface area contributed by atoms with Gasteiger partial charge in [-0.2, -0.15) is 0 Å². The van der Waals surface area contributed by atoms with Crippen LogP contribution in [-0.4, -0.2) is 6.54 Å². The average Bonchev–Trinajstić information content (AvgIpc) is 1.87. The molecule has 0 spiro atoms. The van der Waals surface area contributed by atoms with Crippen molar-refractivity contribution < 1.29 is 4.39 Å². The van der Waals surface area contributed by atoms with E-state index in [1.165, 1.54) is 0 Å². The molecule has 0 aromatic carbocycles. The molecule has 0 aliphatic carbocycles. The lowest BCUT2D eigenvalue weighted by molar-refractivity contribution is 0.603. The fourth-order valence-electron chi connectivity index (χ4n) is 0.503. The van der Waals surface area contributed by atoms with Crippen LogP contribution in [0.5, 0.6) is 0 Å². The molecule has 0 aliphatic rings. The molecule has 0 aromatic heterocycles. The minimum atomic E-state index is -0.332. The number of rotatable bonds is 5. The Kier molecular flexibility index (Phi) is 5.83. The van der Waals surface area contributed by atoms with Gasteiger partial charge in [0.1, 0.15) is 5.83 Å². The summed E-state index contributed by atoms with van der Waals surface area (Å²) in [6.45, 7) is 5.43. The molecular formula is C8H14FN. The number of unbranched alkanes of at least 4 members (excludes halogenated alkanes) is 1. The number of hydrogen-bond acceptors (Lipinski definition) is 1. The zero-order chi connectivity index (χ0) is 7.82. The first kappa shape index (κ1) is 9.21. The Balaban J connectivity index is 3.10. The van der Waals surface area contributed by atoms with Crippen molar-refractivity contribution in [3.05, 3.63) is 24.7 Å². The quantitative estimate of drug-likeness (QED) is 0.623. The second-order valence-electron chi connectivity index (χ2n) is 2.09. The monoisotopic (exact) mass is 143 g/mol. The first-order valence-corrected chi connectivity index (χ1v) is 3.49. The maximum atomic E-state index is 11.9. The lowest BCUT2D eigenvalue weighted by Gasteiger charge is -1.94. The molecule has 0 aromatic rings. The van der Waals surface area contributed by atoms with Gasteiger partial charge in [0.2, 0.25) is 0 Å². The maximum Gasteiger partial charge on any atom is 0.112 e. The zero-order valence-electron chi connectivity index (χ0n) is 6.36. The molecule has 0 radical (unpaired) electrons. The van der Waals surface area contributed by atoms with Crippen molar-refractivity contribution in [1.82, 2.24) is 5.32 Å². The van der Waals surface area contributed by atoms with Crippen LogP contribution in [0.15, 0.2) is 24.7 Å². The van der Waals surface area contributed by atoms with Crippen LogP contribution in [0.3, 0.4) is 0 Å². The number of allylic oxidation sites excluding steroid dienone is 1. The molecule has 0 saturated carbocycles. The Hall–Kier alpha value is -0.790. The number of hydrogen-bond donors (Lipinski definition) is 1. The van der Waals surface area contributed by atoms with E-state index in [2.05, 4.69) is 18.8 Å². The number of nitrogens with one attached hydrogen (secondary N) is 1. The fourth-order valence-corrected chi connectivity index (χ4v) is 0.503. The van der Waals surface area contributed by atoms with Crippen molar-refractivity contribution >= 4 is 0 Å². The van der Waals surface area contributed by atoms with E-state index in [0.29, 0.717) is 0 Å². The van der Waals surface area contributed by atoms with Crippen molar-refractivity contribution in [2.45, 2.75) is 19.8 Å². The third-order valence-electron chi connectivity index (χ3n) is 0.985. The van der Waals surface area contributed by atoms with Gasteiger partial charge in [-0.15, -0.1) is 0 Å². The molecule has 10 heavy (non-hydrogen) atoms. The third kappa shape index (κ3) is 7.21. The van der Waals surface area contributed by atoms with Crippen LogP contribution in [0.1, 0.15) is 19.8 Å². The summed E-state index contributed by atoms with van der Waals surface area (Å²) in [7, 11) is 0. The smallest absolute Gasteiger partial charge is 0.112 e.